The van der Waals surface area contributed by atoms with Gasteiger partial charge in [-0.1, -0.05) is 37.3 Å². The van der Waals surface area contributed by atoms with E-state index in [0.717, 1.165) is 18.2 Å². The molecule has 0 N–H and O–H groups in total. The number of hydrogen-bond donors (Lipinski definition) is 0. The summed E-state index contributed by atoms with van der Waals surface area (Å²) in [5.74, 6) is -0.161. The summed E-state index contributed by atoms with van der Waals surface area (Å²) < 4.78 is 23.1. The van der Waals surface area contributed by atoms with Crippen LogP contribution in [-0.4, -0.2) is 20.5 Å². The Bertz CT molecular complexity index is 746. The lowest BCUT2D eigenvalue weighted by molar-refractivity contribution is 0.103. The molecule has 0 aromatic heterocycles. The minimum Gasteiger partial charge on any atom is -0.289 e. The molecule has 0 heterocycles. The Morgan fingerprint density at radius 2 is 1.60 bits per heavy atom. The van der Waals surface area contributed by atoms with Crippen LogP contribution in [0.2, 0.25) is 0 Å². The van der Waals surface area contributed by atoms with E-state index < -0.39 is 9.84 Å². The van der Waals surface area contributed by atoms with E-state index in [1.807, 2.05) is 25.1 Å². The SMILES string of the molecule is CCc1cccc(C(=O)c2cccc(S(C)(=O)=O)c2)c1. The third-order valence-electron chi connectivity index (χ3n) is 3.12. The van der Waals surface area contributed by atoms with Gasteiger partial charge in [-0.2, -0.15) is 0 Å². The lowest BCUT2D eigenvalue weighted by Gasteiger charge is -2.05. The van der Waals surface area contributed by atoms with Crippen molar-refractivity contribution in [2.24, 2.45) is 0 Å². The predicted octanol–water partition coefficient (Wildman–Crippen LogP) is 2.88. The largest absolute Gasteiger partial charge is 0.289 e. The van der Waals surface area contributed by atoms with Crippen molar-refractivity contribution in [3.05, 3.63) is 65.2 Å². The number of carbonyl (C=O) groups excluding carboxylic acids is 1. The maximum Gasteiger partial charge on any atom is 0.193 e. The summed E-state index contributed by atoms with van der Waals surface area (Å²) in [5, 5.41) is 0. The second kappa shape index (κ2) is 5.59. The fourth-order valence-electron chi connectivity index (χ4n) is 1.97. The van der Waals surface area contributed by atoms with Crippen molar-refractivity contribution in [2.75, 3.05) is 6.26 Å². The second-order valence-corrected chi connectivity index (χ2v) is 6.70. The van der Waals surface area contributed by atoms with E-state index in [1.165, 1.54) is 12.1 Å². The Balaban J connectivity index is 2.43. The van der Waals surface area contributed by atoms with Gasteiger partial charge in [0.05, 0.1) is 4.90 Å². The minimum absolute atomic E-state index is 0.161. The highest BCUT2D eigenvalue weighted by Crippen LogP contribution is 2.16. The van der Waals surface area contributed by atoms with Crippen LogP contribution in [0.3, 0.4) is 0 Å². The highest BCUT2D eigenvalue weighted by Gasteiger charge is 2.13. The molecule has 0 saturated carbocycles. The van der Waals surface area contributed by atoms with Gasteiger partial charge in [-0.15, -0.1) is 0 Å². The lowest BCUT2D eigenvalue weighted by Crippen LogP contribution is -2.04. The standard InChI is InChI=1S/C16H16O3S/c1-3-12-6-4-7-13(10-12)16(17)14-8-5-9-15(11-14)20(2,18)19/h4-11H,3H2,1-2H3. The molecule has 0 aliphatic rings. The van der Waals surface area contributed by atoms with Crippen molar-refractivity contribution in [1.29, 1.82) is 0 Å². The van der Waals surface area contributed by atoms with Crippen LogP contribution in [0.15, 0.2) is 53.4 Å². The highest BCUT2D eigenvalue weighted by molar-refractivity contribution is 7.90. The molecule has 2 rings (SSSR count). The first kappa shape index (κ1) is 14.5. The van der Waals surface area contributed by atoms with Crippen LogP contribution >= 0.6 is 0 Å². The first-order valence-electron chi connectivity index (χ1n) is 6.35. The number of sulfone groups is 1. The molecule has 0 saturated heterocycles. The molecule has 0 radical (unpaired) electrons. The van der Waals surface area contributed by atoms with E-state index in [-0.39, 0.29) is 10.7 Å². The van der Waals surface area contributed by atoms with Gasteiger partial charge in [0.25, 0.3) is 0 Å². The Kier molecular flexibility index (Phi) is 4.04. The molecule has 0 bridgehead atoms. The number of ketones is 1. The quantitative estimate of drug-likeness (QED) is 0.813. The Morgan fingerprint density at radius 3 is 2.20 bits per heavy atom. The second-order valence-electron chi connectivity index (χ2n) is 4.68. The first-order valence-corrected chi connectivity index (χ1v) is 8.24. The molecule has 3 nitrogen and oxygen atoms in total. The van der Waals surface area contributed by atoms with Crippen LogP contribution in [0.25, 0.3) is 0 Å². The van der Waals surface area contributed by atoms with E-state index in [0.29, 0.717) is 11.1 Å². The molecule has 0 atom stereocenters. The smallest absolute Gasteiger partial charge is 0.193 e. The van der Waals surface area contributed by atoms with Gasteiger partial charge in [0, 0.05) is 17.4 Å². The molecular weight excluding hydrogens is 272 g/mol. The van der Waals surface area contributed by atoms with Crippen LogP contribution in [-0.2, 0) is 16.3 Å². The molecule has 0 amide bonds. The van der Waals surface area contributed by atoms with Crippen LogP contribution in [0.1, 0.15) is 28.4 Å². The molecule has 0 fully saturated rings. The van der Waals surface area contributed by atoms with Crippen LogP contribution < -0.4 is 0 Å². The number of rotatable bonds is 4. The average Bonchev–Trinajstić information content (AvgIpc) is 2.46. The van der Waals surface area contributed by atoms with Crippen molar-refractivity contribution in [3.63, 3.8) is 0 Å². The van der Waals surface area contributed by atoms with E-state index in [2.05, 4.69) is 0 Å². The van der Waals surface area contributed by atoms with Crippen molar-refractivity contribution in [2.45, 2.75) is 18.2 Å². The molecule has 2 aromatic carbocycles. The van der Waals surface area contributed by atoms with Crippen molar-refractivity contribution < 1.29 is 13.2 Å². The molecular formula is C16H16O3S. The topological polar surface area (TPSA) is 51.2 Å². The van der Waals surface area contributed by atoms with Crippen molar-refractivity contribution in [1.82, 2.24) is 0 Å². The van der Waals surface area contributed by atoms with Crippen LogP contribution in [0.4, 0.5) is 0 Å². The van der Waals surface area contributed by atoms with E-state index >= 15 is 0 Å². The number of aryl methyl sites for hydroxylation is 1. The van der Waals surface area contributed by atoms with Crippen LogP contribution in [0.5, 0.6) is 0 Å². The Hall–Kier alpha value is -1.94. The zero-order valence-corrected chi connectivity index (χ0v) is 12.3. The molecule has 0 aliphatic carbocycles. The summed E-state index contributed by atoms with van der Waals surface area (Å²) in [6.07, 6.45) is 1.98. The maximum absolute atomic E-state index is 12.4. The van der Waals surface area contributed by atoms with Gasteiger partial charge < -0.3 is 0 Å². The molecule has 104 valence electrons. The third-order valence-corrected chi connectivity index (χ3v) is 4.23. The lowest BCUT2D eigenvalue weighted by atomic mass is 10.0. The first-order chi connectivity index (χ1) is 9.41. The predicted molar refractivity (Wildman–Crippen MR) is 78.8 cm³/mol. The minimum atomic E-state index is -3.31. The van der Waals surface area contributed by atoms with E-state index in [9.17, 15) is 13.2 Å². The summed E-state index contributed by atoms with van der Waals surface area (Å²) in [6, 6.07) is 13.5. The van der Waals surface area contributed by atoms with Gasteiger partial charge in [-0.25, -0.2) is 8.42 Å². The average molecular weight is 288 g/mol. The molecule has 0 unspecified atom stereocenters. The number of carbonyl (C=O) groups is 1. The molecule has 20 heavy (non-hydrogen) atoms. The fraction of sp³-hybridized carbons (Fsp3) is 0.188. The normalized spacial score (nSPS) is 11.3. The fourth-order valence-corrected chi connectivity index (χ4v) is 2.63. The molecule has 0 aliphatic heterocycles. The molecule has 0 spiro atoms. The van der Waals surface area contributed by atoms with Crippen molar-refractivity contribution >= 4 is 15.6 Å². The van der Waals surface area contributed by atoms with Gasteiger partial charge in [-0.05, 0) is 30.2 Å². The zero-order valence-electron chi connectivity index (χ0n) is 11.5. The Labute approximate surface area is 119 Å². The van der Waals surface area contributed by atoms with Gasteiger partial charge in [-0.3, -0.25) is 4.79 Å². The zero-order chi connectivity index (χ0) is 14.8. The summed E-state index contributed by atoms with van der Waals surface area (Å²) >= 11 is 0. The number of hydrogen-bond acceptors (Lipinski definition) is 3. The van der Waals surface area contributed by atoms with E-state index in [1.54, 1.807) is 18.2 Å². The summed E-state index contributed by atoms with van der Waals surface area (Å²) in [7, 11) is -3.31. The highest BCUT2D eigenvalue weighted by atomic mass is 32.2. The van der Waals surface area contributed by atoms with Gasteiger partial charge in [0.2, 0.25) is 0 Å². The van der Waals surface area contributed by atoms with Crippen LogP contribution in [0, 0.1) is 0 Å². The summed E-state index contributed by atoms with van der Waals surface area (Å²) in [6.45, 7) is 2.02. The van der Waals surface area contributed by atoms with Gasteiger partial charge in [0.1, 0.15) is 0 Å². The van der Waals surface area contributed by atoms with E-state index in [4.69, 9.17) is 0 Å². The monoisotopic (exact) mass is 288 g/mol. The van der Waals surface area contributed by atoms with Crippen molar-refractivity contribution in [3.8, 4) is 0 Å². The summed E-state index contributed by atoms with van der Waals surface area (Å²) in [5.41, 5.74) is 2.05. The third kappa shape index (κ3) is 3.14. The molecule has 4 heteroatoms. The Morgan fingerprint density at radius 1 is 1.00 bits per heavy atom. The van der Waals surface area contributed by atoms with Gasteiger partial charge >= 0.3 is 0 Å². The van der Waals surface area contributed by atoms with Gasteiger partial charge in [0.15, 0.2) is 15.6 Å². The summed E-state index contributed by atoms with van der Waals surface area (Å²) in [4.78, 5) is 12.6. The number of benzene rings is 2. The molecule has 2 aromatic rings. The maximum atomic E-state index is 12.4.